The van der Waals surface area contributed by atoms with Crippen molar-refractivity contribution in [2.75, 3.05) is 13.2 Å². The topological polar surface area (TPSA) is 78.9 Å². The minimum absolute atomic E-state index is 0.0633. The van der Waals surface area contributed by atoms with Gasteiger partial charge in [0.1, 0.15) is 13.2 Å². The molecule has 0 aromatic rings. The van der Waals surface area contributed by atoms with Crippen molar-refractivity contribution < 1.29 is 28.6 Å². The van der Waals surface area contributed by atoms with Gasteiger partial charge >= 0.3 is 17.9 Å². The third-order valence-corrected chi connectivity index (χ3v) is 11.3. The van der Waals surface area contributed by atoms with Gasteiger partial charge in [-0.3, -0.25) is 14.4 Å². The fourth-order valence-electron chi connectivity index (χ4n) is 7.51. The van der Waals surface area contributed by atoms with E-state index in [4.69, 9.17) is 14.2 Å². The Bertz CT molecular complexity index is 841. The first-order chi connectivity index (χ1) is 27.4. The molecule has 0 saturated carbocycles. The van der Waals surface area contributed by atoms with Crippen LogP contribution in [0, 0.1) is 5.92 Å². The van der Waals surface area contributed by atoms with E-state index >= 15 is 0 Å². The van der Waals surface area contributed by atoms with Gasteiger partial charge < -0.3 is 14.2 Å². The predicted molar refractivity (Wildman–Crippen MR) is 238 cm³/mol. The molecule has 0 saturated heterocycles. The molecule has 1 atom stereocenters. The molecule has 0 spiro atoms. The van der Waals surface area contributed by atoms with Crippen LogP contribution < -0.4 is 0 Å². The molecule has 0 amide bonds. The van der Waals surface area contributed by atoms with Gasteiger partial charge in [0.25, 0.3) is 0 Å². The van der Waals surface area contributed by atoms with Crippen molar-refractivity contribution in [1.82, 2.24) is 0 Å². The van der Waals surface area contributed by atoms with Crippen LogP contribution in [-0.2, 0) is 28.6 Å². The van der Waals surface area contributed by atoms with E-state index in [2.05, 4.69) is 27.7 Å². The van der Waals surface area contributed by atoms with Crippen molar-refractivity contribution in [2.24, 2.45) is 5.92 Å². The lowest BCUT2D eigenvalue weighted by Crippen LogP contribution is -2.30. The van der Waals surface area contributed by atoms with E-state index in [-0.39, 0.29) is 31.1 Å². The highest BCUT2D eigenvalue weighted by Crippen LogP contribution is 2.17. The molecule has 0 radical (unpaired) electrons. The first-order valence-electron chi connectivity index (χ1n) is 24.9. The van der Waals surface area contributed by atoms with Crippen molar-refractivity contribution in [2.45, 2.75) is 284 Å². The summed E-state index contributed by atoms with van der Waals surface area (Å²) in [4.78, 5) is 37.8. The zero-order valence-electron chi connectivity index (χ0n) is 38.1. The number of rotatable bonds is 45. The maximum absolute atomic E-state index is 12.8. The van der Waals surface area contributed by atoms with E-state index in [1.807, 2.05) is 0 Å². The number of ether oxygens (including phenoxy) is 3. The smallest absolute Gasteiger partial charge is 0.306 e. The Hall–Kier alpha value is -1.59. The summed E-state index contributed by atoms with van der Waals surface area (Å²) in [6.45, 7) is 8.98. The van der Waals surface area contributed by atoms with E-state index in [1.54, 1.807) is 0 Å². The van der Waals surface area contributed by atoms with Gasteiger partial charge in [-0.05, 0) is 25.2 Å². The van der Waals surface area contributed by atoms with Crippen molar-refractivity contribution >= 4 is 17.9 Å². The number of hydrogen-bond acceptors (Lipinski definition) is 6. The molecule has 56 heavy (non-hydrogen) atoms. The Morgan fingerprint density at radius 2 is 0.589 bits per heavy atom. The summed E-state index contributed by atoms with van der Waals surface area (Å²) in [5, 5.41) is 0. The molecular weight excluding hydrogens is 697 g/mol. The molecule has 0 aliphatic heterocycles. The average Bonchev–Trinajstić information content (AvgIpc) is 3.18. The van der Waals surface area contributed by atoms with Crippen molar-refractivity contribution in [3.63, 3.8) is 0 Å². The standard InChI is InChI=1S/C50H96O6/c1-5-7-9-11-13-15-17-19-21-23-25-31-35-39-43-50(53)56-47(45-55-49(52)42-38-34-30-27-26-28-32-36-40-46(3)4)44-54-48(51)41-37-33-29-24-22-20-18-16-14-12-10-8-6-2/h46-47H,5-45H2,1-4H3/t47-/m0/s1. The summed E-state index contributed by atoms with van der Waals surface area (Å²) in [5.74, 6) is -0.0521. The Labute approximate surface area is 348 Å². The first kappa shape index (κ1) is 54.4. The minimum atomic E-state index is -0.760. The van der Waals surface area contributed by atoms with E-state index in [0.29, 0.717) is 19.3 Å². The van der Waals surface area contributed by atoms with Crippen LogP contribution in [0.2, 0.25) is 0 Å². The van der Waals surface area contributed by atoms with Crippen LogP contribution in [0.3, 0.4) is 0 Å². The molecular formula is C50H96O6. The summed E-state index contributed by atoms with van der Waals surface area (Å²) < 4.78 is 16.8. The minimum Gasteiger partial charge on any atom is -0.462 e. The van der Waals surface area contributed by atoms with E-state index in [9.17, 15) is 14.4 Å². The number of hydrogen-bond donors (Lipinski definition) is 0. The second-order valence-electron chi connectivity index (χ2n) is 17.6. The molecule has 0 aromatic heterocycles. The first-order valence-corrected chi connectivity index (χ1v) is 24.9. The number of esters is 3. The quantitative estimate of drug-likeness (QED) is 0.0347. The maximum atomic E-state index is 12.8. The highest BCUT2D eigenvalue weighted by Gasteiger charge is 2.19. The molecule has 332 valence electrons. The molecule has 6 nitrogen and oxygen atoms in total. The van der Waals surface area contributed by atoms with Crippen LogP contribution >= 0.6 is 0 Å². The van der Waals surface area contributed by atoms with Gasteiger partial charge in [0.15, 0.2) is 6.10 Å². The zero-order valence-corrected chi connectivity index (χ0v) is 38.1. The lowest BCUT2D eigenvalue weighted by atomic mass is 10.0. The van der Waals surface area contributed by atoms with Crippen LogP contribution in [0.15, 0.2) is 0 Å². The molecule has 0 fully saturated rings. The number of unbranched alkanes of at least 4 members (excludes halogenated alkanes) is 32. The van der Waals surface area contributed by atoms with Crippen LogP contribution in [0.4, 0.5) is 0 Å². The van der Waals surface area contributed by atoms with Crippen LogP contribution in [0.25, 0.3) is 0 Å². The van der Waals surface area contributed by atoms with Crippen molar-refractivity contribution in [1.29, 1.82) is 0 Å². The highest BCUT2D eigenvalue weighted by molar-refractivity contribution is 5.71. The van der Waals surface area contributed by atoms with Gasteiger partial charge in [0, 0.05) is 19.3 Å². The molecule has 0 bridgehead atoms. The molecule has 0 heterocycles. The average molecular weight is 793 g/mol. The second-order valence-corrected chi connectivity index (χ2v) is 17.6. The number of carbonyl (C=O) groups is 3. The second kappa shape index (κ2) is 44.5. The molecule has 0 unspecified atom stereocenters. The monoisotopic (exact) mass is 793 g/mol. The van der Waals surface area contributed by atoms with Crippen molar-refractivity contribution in [3.05, 3.63) is 0 Å². The molecule has 0 aliphatic carbocycles. The maximum Gasteiger partial charge on any atom is 0.306 e. The number of carbonyl (C=O) groups excluding carboxylic acids is 3. The fourth-order valence-corrected chi connectivity index (χ4v) is 7.51. The Morgan fingerprint density at radius 3 is 0.875 bits per heavy atom. The third-order valence-electron chi connectivity index (χ3n) is 11.3. The van der Waals surface area contributed by atoms with Crippen LogP contribution in [-0.4, -0.2) is 37.2 Å². The van der Waals surface area contributed by atoms with Gasteiger partial charge in [-0.2, -0.15) is 0 Å². The largest absolute Gasteiger partial charge is 0.462 e. The molecule has 0 rings (SSSR count). The predicted octanol–water partition coefficient (Wildman–Crippen LogP) is 15.9. The fraction of sp³-hybridized carbons (Fsp3) is 0.940. The normalized spacial score (nSPS) is 11.9. The van der Waals surface area contributed by atoms with E-state index in [0.717, 1.165) is 63.7 Å². The van der Waals surface area contributed by atoms with E-state index in [1.165, 1.54) is 173 Å². The van der Waals surface area contributed by atoms with Crippen LogP contribution in [0.5, 0.6) is 0 Å². The van der Waals surface area contributed by atoms with E-state index < -0.39 is 6.10 Å². The summed E-state index contributed by atoms with van der Waals surface area (Å²) >= 11 is 0. The van der Waals surface area contributed by atoms with Gasteiger partial charge in [0.2, 0.25) is 0 Å². The lowest BCUT2D eigenvalue weighted by molar-refractivity contribution is -0.167. The van der Waals surface area contributed by atoms with Gasteiger partial charge in [-0.15, -0.1) is 0 Å². The zero-order chi connectivity index (χ0) is 41.0. The SMILES string of the molecule is CCCCCCCCCCCCCCCCC(=O)O[C@@H](COC(=O)CCCCCCCCCCCCCCC)COC(=O)CCCCCCCCCCC(C)C. The van der Waals surface area contributed by atoms with Crippen LogP contribution in [0.1, 0.15) is 278 Å². The molecule has 0 aromatic carbocycles. The molecule has 0 aliphatic rings. The van der Waals surface area contributed by atoms with Crippen molar-refractivity contribution in [3.8, 4) is 0 Å². The Morgan fingerprint density at radius 1 is 0.339 bits per heavy atom. The summed E-state index contributed by atoms with van der Waals surface area (Å²) in [5.41, 5.74) is 0. The molecule has 6 heteroatoms. The van der Waals surface area contributed by atoms with Gasteiger partial charge in [-0.1, -0.05) is 240 Å². The highest BCUT2D eigenvalue weighted by atomic mass is 16.6. The molecule has 0 N–H and O–H groups in total. The third kappa shape index (κ3) is 43.5. The van der Waals surface area contributed by atoms with Gasteiger partial charge in [0.05, 0.1) is 0 Å². The summed E-state index contributed by atoms with van der Waals surface area (Å²) in [6.07, 6.45) is 45.1. The van der Waals surface area contributed by atoms with Gasteiger partial charge in [-0.25, -0.2) is 0 Å². The summed E-state index contributed by atoms with van der Waals surface area (Å²) in [6, 6.07) is 0. The summed E-state index contributed by atoms with van der Waals surface area (Å²) in [7, 11) is 0. The Kier molecular flexibility index (Phi) is 43.2. The Balaban J connectivity index is 4.32. The lowest BCUT2D eigenvalue weighted by Gasteiger charge is -2.18.